The number of rotatable bonds is 4. The highest BCUT2D eigenvalue weighted by molar-refractivity contribution is 8.06. The van der Waals surface area contributed by atoms with Gasteiger partial charge in [0.1, 0.15) is 11.2 Å². The lowest BCUT2D eigenvalue weighted by molar-refractivity contribution is -0.143. The lowest BCUT2D eigenvalue weighted by atomic mass is 10.1. The number of alkyl halides is 6. The average molecular weight is 409 g/mol. The molecule has 0 aliphatic carbocycles. The van der Waals surface area contributed by atoms with Crippen molar-refractivity contribution in [3.63, 3.8) is 0 Å². The van der Waals surface area contributed by atoms with Gasteiger partial charge in [-0.15, -0.1) is 0 Å². The van der Waals surface area contributed by atoms with Gasteiger partial charge in [0.15, 0.2) is 10.7 Å². The van der Waals surface area contributed by atoms with Gasteiger partial charge in [-0.1, -0.05) is 5.16 Å². The van der Waals surface area contributed by atoms with E-state index in [9.17, 15) is 34.8 Å². The van der Waals surface area contributed by atoms with Crippen LogP contribution in [0.2, 0.25) is 0 Å². The van der Waals surface area contributed by atoms with Crippen LogP contribution >= 0.6 is 0 Å². The summed E-state index contributed by atoms with van der Waals surface area (Å²) in [5.41, 5.74) is -5.56. The minimum atomic E-state index is -5.74. The number of oxime groups is 1. The maximum Gasteiger partial charge on any atom is 0.435 e. The van der Waals surface area contributed by atoms with Crippen molar-refractivity contribution in [2.24, 2.45) is 12.2 Å². The van der Waals surface area contributed by atoms with Crippen LogP contribution in [0.1, 0.15) is 31.5 Å². The highest BCUT2D eigenvalue weighted by atomic mass is 32.2. The topological polar surface area (TPSA) is 82.8 Å². The monoisotopic (exact) mass is 409 g/mol. The lowest BCUT2D eigenvalue weighted by Gasteiger charge is -2.19. The predicted octanol–water partition coefficient (Wildman–Crippen LogP) is 2.72. The van der Waals surface area contributed by atoms with E-state index in [1.54, 1.807) is 0 Å². The standard InChI is InChI=1S/C12H13F6N3O4S/c1-10(2)4-6(20-25-10)26(22,23)12(17,18)7-8(11(14,15)16)19-21(3)9(7)24-5-13/h4-5H2,1-3H3. The molecule has 2 heterocycles. The highest BCUT2D eigenvalue weighted by Gasteiger charge is 2.59. The first-order chi connectivity index (χ1) is 11.6. The molecule has 0 atom stereocenters. The van der Waals surface area contributed by atoms with Crippen molar-refractivity contribution in [3.8, 4) is 5.88 Å². The maximum atomic E-state index is 14.7. The van der Waals surface area contributed by atoms with Crippen molar-refractivity contribution in [3.05, 3.63) is 11.3 Å². The fourth-order valence-electron chi connectivity index (χ4n) is 2.22. The number of halogens is 6. The molecule has 1 aromatic heterocycles. The zero-order valence-corrected chi connectivity index (χ0v) is 14.4. The van der Waals surface area contributed by atoms with Gasteiger partial charge in [0.25, 0.3) is 9.84 Å². The molecule has 0 N–H and O–H groups in total. The van der Waals surface area contributed by atoms with E-state index in [-0.39, 0.29) is 4.68 Å². The van der Waals surface area contributed by atoms with Crippen LogP contribution in [0.15, 0.2) is 5.16 Å². The maximum absolute atomic E-state index is 14.7. The molecule has 0 unspecified atom stereocenters. The summed E-state index contributed by atoms with van der Waals surface area (Å²) in [7, 11) is -4.97. The molecule has 1 aliphatic rings. The van der Waals surface area contributed by atoms with Crippen molar-refractivity contribution in [2.45, 2.75) is 37.3 Å². The van der Waals surface area contributed by atoms with Gasteiger partial charge >= 0.3 is 11.4 Å². The minimum Gasteiger partial charge on any atom is -0.446 e. The van der Waals surface area contributed by atoms with Gasteiger partial charge in [0.05, 0.1) is 0 Å². The first-order valence-electron chi connectivity index (χ1n) is 6.86. The second-order valence-corrected chi connectivity index (χ2v) is 7.93. The van der Waals surface area contributed by atoms with Crippen LogP contribution in [0.4, 0.5) is 26.3 Å². The smallest absolute Gasteiger partial charge is 0.435 e. The summed E-state index contributed by atoms with van der Waals surface area (Å²) in [4.78, 5) is 4.69. The molecule has 1 aliphatic heterocycles. The molecular formula is C12H13F6N3O4S. The van der Waals surface area contributed by atoms with Crippen molar-refractivity contribution < 1.29 is 44.3 Å². The Bertz CT molecular complexity index is 844. The van der Waals surface area contributed by atoms with E-state index in [0.29, 0.717) is 0 Å². The number of hydrogen-bond donors (Lipinski definition) is 0. The molecule has 14 heteroatoms. The number of aromatic nitrogens is 2. The fourth-order valence-corrected chi connectivity index (χ4v) is 3.64. The summed E-state index contributed by atoms with van der Waals surface area (Å²) in [6.45, 7) is 0.914. The SMILES string of the molecule is Cn1nc(C(F)(F)F)c(C(F)(F)S(=O)(=O)C2=NOC(C)(C)C2)c1OCF. The normalized spacial score (nSPS) is 17.8. The van der Waals surface area contributed by atoms with Gasteiger partial charge in [0.2, 0.25) is 12.7 Å². The average Bonchev–Trinajstić information content (AvgIpc) is 3.00. The van der Waals surface area contributed by atoms with Crippen LogP contribution in [-0.2, 0) is 33.2 Å². The van der Waals surface area contributed by atoms with Gasteiger partial charge in [-0.2, -0.15) is 27.1 Å². The van der Waals surface area contributed by atoms with Crippen LogP contribution in [-0.4, -0.2) is 35.7 Å². The summed E-state index contributed by atoms with van der Waals surface area (Å²) >= 11 is 0. The Hall–Kier alpha value is -1.99. The summed E-state index contributed by atoms with van der Waals surface area (Å²) in [5, 5.41) is -0.425. The number of sulfone groups is 1. The number of hydrogen-bond acceptors (Lipinski definition) is 6. The third-order valence-electron chi connectivity index (χ3n) is 3.36. The van der Waals surface area contributed by atoms with E-state index in [2.05, 4.69) is 15.0 Å². The second kappa shape index (κ2) is 6.03. The van der Waals surface area contributed by atoms with Gasteiger partial charge in [-0.3, -0.25) is 0 Å². The Balaban J connectivity index is 2.69. The van der Waals surface area contributed by atoms with Crippen LogP contribution in [0.25, 0.3) is 0 Å². The Labute approximate surface area is 143 Å². The highest BCUT2D eigenvalue weighted by Crippen LogP contribution is 2.48. The Morgan fingerprint density at radius 1 is 1.27 bits per heavy atom. The zero-order chi connectivity index (χ0) is 20.1. The molecule has 1 aromatic rings. The van der Waals surface area contributed by atoms with Crippen molar-refractivity contribution in [1.82, 2.24) is 9.78 Å². The Morgan fingerprint density at radius 3 is 2.27 bits per heavy atom. The first-order valence-corrected chi connectivity index (χ1v) is 8.34. The first kappa shape index (κ1) is 20.3. The van der Waals surface area contributed by atoms with E-state index in [1.807, 2.05) is 0 Å². The Morgan fingerprint density at radius 2 is 1.85 bits per heavy atom. The molecule has 0 fully saturated rings. The fraction of sp³-hybridized carbons (Fsp3) is 0.667. The van der Waals surface area contributed by atoms with Gasteiger partial charge in [-0.05, 0) is 13.8 Å². The lowest BCUT2D eigenvalue weighted by Crippen LogP contribution is -2.35. The number of ether oxygens (including phenoxy) is 1. The molecule has 0 radical (unpaired) electrons. The molecule has 2 rings (SSSR count). The predicted molar refractivity (Wildman–Crippen MR) is 74.8 cm³/mol. The Kier molecular flexibility index (Phi) is 4.71. The zero-order valence-electron chi connectivity index (χ0n) is 13.6. The van der Waals surface area contributed by atoms with Crippen LogP contribution < -0.4 is 4.74 Å². The third kappa shape index (κ3) is 3.21. The molecule has 0 saturated carbocycles. The molecule has 0 aromatic carbocycles. The largest absolute Gasteiger partial charge is 0.446 e. The van der Waals surface area contributed by atoms with Crippen molar-refractivity contribution in [1.29, 1.82) is 0 Å². The molecule has 26 heavy (non-hydrogen) atoms. The van der Waals surface area contributed by atoms with E-state index in [4.69, 9.17) is 4.84 Å². The molecule has 0 amide bonds. The summed E-state index contributed by atoms with van der Waals surface area (Å²) < 4.78 is 110. The van der Waals surface area contributed by atoms with Crippen LogP contribution in [0, 0.1) is 0 Å². The van der Waals surface area contributed by atoms with Gasteiger partial charge < -0.3 is 9.57 Å². The quantitative estimate of drug-likeness (QED) is 0.715. The molecule has 7 nitrogen and oxygen atoms in total. The minimum absolute atomic E-state index is 0.179. The molecule has 0 spiro atoms. The summed E-state index contributed by atoms with van der Waals surface area (Å²) in [5.74, 6) is -1.37. The van der Waals surface area contributed by atoms with Crippen LogP contribution in [0.5, 0.6) is 5.88 Å². The van der Waals surface area contributed by atoms with Crippen LogP contribution in [0.3, 0.4) is 0 Å². The van der Waals surface area contributed by atoms with Gasteiger partial charge in [-0.25, -0.2) is 17.5 Å². The van der Waals surface area contributed by atoms with E-state index >= 15 is 0 Å². The molecular weight excluding hydrogens is 396 g/mol. The molecule has 0 bridgehead atoms. The summed E-state index contributed by atoms with van der Waals surface area (Å²) in [6.07, 6.45) is -6.04. The molecule has 148 valence electrons. The van der Waals surface area contributed by atoms with Gasteiger partial charge in [0, 0.05) is 13.5 Å². The number of nitrogens with zero attached hydrogens (tertiary/aromatic N) is 3. The third-order valence-corrected chi connectivity index (χ3v) is 5.08. The van der Waals surface area contributed by atoms with Crippen molar-refractivity contribution >= 4 is 14.9 Å². The van der Waals surface area contributed by atoms with E-state index < -0.39 is 62.3 Å². The second-order valence-electron chi connectivity index (χ2n) is 5.94. The van der Waals surface area contributed by atoms with E-state index in [0.717, 1.165) is 7.05 Å². The van der Waals surface area contributed by atoms with Crippen molar-refractivity contribution in [2.75, 3.05) is 6.86 Å². The van der Waals surface area contributed by atoms with E-state index in [1.165, 1.54) is 13.8 Å². The summed E-state index contributed by atoms with van der Waals surface area (Å²) in [6, 6.07) is 0. The molecule has 0 saturated heterocycles. The number of aryl methyl sites for hydroxylation is 1.